The van der Waals surface area contributed by atoms with Crippen LogP contribution in [0.3, 0.4) is 0 Å². The molecule has 1 unspecified atom stereocenters. The van der Waals surface area contributed by atoms with Crippen molar-refractivity contribution >= 4 is 28.6 Å². The van der Waals surface area contributed by atoms with E-state index in [2.05, 4.69) is 25.0 Å². The lowest BCUT2D eigenvalue weighted by Crippen LogP contribution is -2.12. The van der Waals surface area contributed by atoms with Gasteiger partial charge in [-0.25, -0.2) is 24.6 Å². The lowest BCUT2D eigenvalue weighted by Gasteiger charge is -2.22. The Morgan fingerprint density at radius 3 is 2.55 bits per heavy atom. The van der Waals surface area contributed by atoms with Gasteiger partial charge in [0.1, 0.15) is 12.1 Å². The van der Waals surface area contributed by atoms with Crippen LogP contribution in [0.2, 0.25) is 5.02 Å². The molecule has 3 heterocycles. The van der Waals surface area contributed by atoms with Crippen LogP contribution in [0.1, 0.15) is 29.8 Å². The molecule has 2 N–H and O–H groups in total. The third kappa shape index (κ3) is 3.15. The number of methoxy groups -OCH3 is 1. The maximum atomic E-state index is 6.61. The van der Waals surface area contributed by atoms with Crippen LogP contribution in [0.25, 0.3) is 22.2 Å². The molecule has 0 amide bonds. The van der Waals surface area contributed by atoms with Crippen LogP contribution in [-0.4, -0.2) is 36.8 Å². The van der Waals surface area contributed by atoms with E-state index in [1.807, 2.05) is 31.5 Å². The minimum absolute atomic E-state index is 0.192. The van der Waals surface area contributed by atoms with E-state index in [0.717, 1.165) is 39.0 Å². The third-order valence-electron chi connectivity index (χ3n) is 5.04. The molecule has 0 saturated heterocycles. The van der Waals surface area contributed by atoms with Crippen LogP contribution < -0.4 is 10.5 Å². The summed E-state index contributed by atoms with van der Waals surface area (Å²) in [6.45, 7) is 5.90. The van der Waals surface area contributed by atoms with Gasteiger partial charge >= 0.3 is 0 Å². The van der Waals surface area contributed by atoms with E-state index in [9.17, 15) is 0 Å². The van der Waals surface area contributed by atoms with Crippen molar-refractivity contribution in [3.05, 3.63) is 52.8 Å². The number of nitrogen functional groups attached to an aromatic ring is 1. The molecule has 29 heavy (non-hydrogen) atoms. The van der Waals surface area contributed by atoms with Crippen LogP contribution in [0.5, 0.6) is 5.75 Å². The molecule has 1 atom stereocenters. The lowest BCUT2D eigenvalue weighted by atomic mass is 9.95. The second-order valence-corrected chi connectivity index (χ2v) is 7.18. The molecule has 0 saturated carbocycles. The Morgan fingerprint density at radius 1 is 1.14 bits per heavy atom. The fourth-order valence-electron chi connectivity index (χ4n) is 3.51. The van der Waals surface area contributed by atoms with E-state index in [1.54, 1.807) is 25.7 Å². The number of nitrogens with two attached hydrogens (primary N) is 1. The average Bonchev–Trinajstić information content (AvgIpc) is 3.07. The second kappa shape index (κ2) is 7.29. The van der Waals surface area contributed by atoms with Crippen molar-refractivity contribution in [3.8, 4) is 16.9 Å². The lowest BCUT2D eigenvalue weighted by molar-refractivity contribution is 0.402. The number of hydrogen-bond acceptors (Lipinski definition) is 7. The van der Waals surface area contributed by atoms with E-state index < -0.39 is 0 Å². The van der Waals surface area contributed by atoms with Crippen molar-refractivity contribution in [2.24, 2.45) is 0 Å². The monoisotopic (exact) mass is 409 g/mol. The van der Waals surface area contributed by atoms with Crippen LogP contribution in [0, 0.1) is 13.8 Å². The summed E-state index contributed by atoms with van der Waals surface area (Å²) in [4.78, 5) is 16.7. The van der Waals surface area contributed by atoms with Crippen molar-refractivity contribution in [1.29, 1.82) is 0 Å². The van der Waals surface area contributed by atoms with Crippen LogP contribution in [0.4, 0.5) is 5.95 Å². The van der Waals surface area contributed by atoms with Gasteiger partial charge in [-0.15, -0.1) is 0 Å². The predicted molar refractivity (Wildman–Crippen MR) is 112 cm³/mol. The Hall–Kier alpha value is -3.26. The first-order chi connectivity index (χ1) is 13.9. The van der Waals surface area contributed by atoms with Gasteiger partial charge in [0.25, 0.3) is 0 Å². The zero-order valence-corrected chi connectivity index (χ0v) is 17.3. The van der Waals surface area contributed by atoms with Gasteiger partial charge in [0.15, 0.2) is 5.65 Å². The number of halogens is 1. The number of aryl methyl sites for hydroxylation is 1. The molecule has 4 rings (SSSR count). The minimum Gasteiger partial charge on any atom is -0.496 e. The summed E-state index contributed by atoms with van der Waals surface area (Å²) < 4.78 is 7.70. The number of fused-ring (bicyclic) bond motifs is 1. The number of anilines is 1. The van der Waals surface area contributed by atoms with E-state index in [4.69, 9.17) is 22.1 Å². The summed E-state index contributed by atoms with van der Waals surface area (Å²) >= 11 is 6.61. The molecule has 0 spiro atoms. The predicted octanol–water partition coefficient (Wildman–Crippen LogP) is 3.75. The molecule has 1 aromatic carbocycles. The normalized spacial score (nSPS) is 12.3. The van der Waals surface area contributed by atoms with Crippen LogP contribution in [0.15, 0.2) is 31.0 Å². The molecule has 148 valence electrons. The first-order valence-electron chi connectivity index (χ1n) is 9.02. The SMILES string of the molecule is COc1c(C(C)n2nc(C)c3cncnc32)cc(Cl)c(C)c1-c1cnc(N)nc1. The summed E-state index contributed by atoms with van der Waals surface area (Å²) in [6.07, 6.45) is 6.62. The van der Waals surface area contributed by atoms with Crippen molar-refractivity contribution in [2.75, 3.05) is 12.8 Å². The molecule has 3 aromatic heterocycles. The summed E-state index contributed by atoms with van der Waals surface area (Å²) in [5.74, 6) is 0.891. The highest BCUT2D eigenvalue weighted by Crippen LogP contribution is 2.43. The molecule has 0 aliphatic carbocycles. The fraction of sp³-hybridized carbons (Fsp3) is 0.250. The Labute approximate surface area is 172 Å². The minimum atomic E-state index is -0.192. The van der Waals surface area contributed by atoms with Gasteiger partial charge < -0.3 is 10.5 Å². The van der Waals surface area contributed by atoms with Crippen molar-refractivity contribution < 1.29 is 4.74 Å². The van der Waals surface area contributed by atoms with Gasteiger partial charge in [-0.2, -0.15) is 5.10 Å². The highest BCUT2D eigenvalue weighted by molar-refractivity contribution is 6.32. The number of ether oxygens (including phenoxy) is 1. The van der Waals surface area contributed by atoms with Gasteiger partial charge in [0.05, 0.1) is 24.2 Å². The highest BCUT2D eigenvalue weighted by atomic mass is 35.5. The maximum Gasteiger partial charge on any atom is 0.219 e. The van der Waals surface area contributed by atoms with Gasteiger partial charge in [-0.05, 0) is 32.4 Å². The van der Waals surface area contributed by atoms with Crippen molar-refractivity contribution in [2.45, 2.75) is 26.8 Å². The highest BCUT2D eigenvalue weighted by Gasteiger charge is 2.24. The second-order valence-electron chi connectivity index (χ2n) is 6.78. The molecule has 0 bridgehead atoms. The van der Waals surface area contributed by atoms with Gasteiger partial charge in [-0.1, -0.05) is 11.6 Å². The Balaban J connectivity index is 1.95. The summed E-state index contributed by atoms with van der Waals surface area (Å²) in [5, 5.41) is 6.20. The number of nitrogens with zero attached hydrogens (tertiary/aromatic N) is 6. The summed E-state index contributed by atoms with van der Waals surface area (Å²) in [5.41, 5.74) is 10.6. The zero-order chi connectivity index (χ0) is 20.7. The Morgan fingerprint density at radius 2 is 1.86 bits per heavy atom. The molecule has 0 fully saturated rings. The van der Waals surface area contributed by atoms with Crippen LogP contribution >= 0.6 is 11.6 Å². The molecular formula is C20H20ClN7O. The molecule has 9 heteroatoms. The summed E-state index contributed by atoms with van der Waals surface area (Å²) in [6, 6.07) is 1.72. The molecule has 0 radical (unpaired) electrons. The zero-order valence-electron chi connectivity index (χ0n) is 16.5. The number of benzene rings is 1. The Bertz CT molecular complexity index is 1200. The number of aromatic nitrogens is 6. The maximum absolute atomic E-state index is 6.61. The van der Waals surface area contributed by atoms with Gasteiger partial charge in [0.2, 0.25) is 5.95 Å². The molecule has 4 aromatic rings. The number of hydrogen-bond donors (Lipinski definition) is 1. The third-order valence-corrected chi connectivity index (χ3v) is 5.43. The molecular weight excluding hydrogens is 390 g/mol. The van der Waals surface area contributed by atoms with Crippen LogP contribution in [-0.2, 0) is 0 Å². The molecule has 0 aliphatic rings. The molecule has 0 aliphatic heterocycles. The quantitative estimate of drug-likeness (QED) is 0.547. The fourth-order valence-corrected chi connectivity index (χ4v) is 3.73. The molecule has 8 nitrogen and oxygen atoms in total. The van der Waals surface area contributed by atoms with Crippen molar-refractivity contribution in [3.63, 3.8) is 0 Å². The number of rotatable bonds is 4. The van der Waals surface area contributed by atoms with E-state index in [1.165, 1.54) is 6.33 Å². The van der Waals surface area contributed by atoms with E-state index in [-0.39, 0.29) is 12.0 Å². The van der Waals surface area contributed by atoms with Crippen molar-refractivity contribution in [1.82, 2.24) is 29.7 Å². The van der Waals surface area contributed by atoms with E-state index in [0.29, 0.717) is 10.8 Å². The average molecular weight is 410 g/mol. The largest absolute Gasteiger partial charge is 0.496 e. The summed E-state index contributed by atoms with van der Waals surface area (Å²) in [7, 11) is 1.63. The topological polar surface area (TPSA) is 105 Å². The smallest absolute Gasteiger partial charge is 0.219 e. The first-order valence-corrected chi connectivity index (χ1v) is 9.39. The van der Waals surface area contributed by atoms with Gasteiger partial charge in [0, 0.05) is 40.3 Å². The van der Waals surface area contributed by atoms with Gasteiger partial charge in [-0.3, -0.25) is 0 Å². The Kier molecular flexibility index (Phi) is 4.79. The van der Waals surface area contributed by atoms with E-state index >= 15 is 0 Å². The first kappa shape index (κ1) is 19.1. The standard InChI is InChI=1S/C20H20ClN7O/c1-10-16(21)5-14(18(29-4)17(10)13-6-24-20(22)25-7-13)12(3)28-19-15(11(2)27-28)8-23-9-26-19/h5-9,12H,1-4H3,(H2,22,24,25).